The van der Waals surface area contributed by atoms with E-state index in [1.807, 2.05) is 36.4 Å². The van der Waals surface area contributed by atoms with Gasteiger partial charge in [0.2, 0.25) is 11.9 Å². The number of nitrogens with one attached hydrogen (secondary N) is 1. The number of nitrogens with zero attached hydrogens (tertiary/aromatic N) is 6. The molecule has 11 nitrogen and oxygen atoms in total. The fraction of sp³-hybridized carbons (Fsp3) is 0.275. The van der Waals surface area contributed by atoms with Gasteiger partial charge < -0.3 is 14.4 Å². The van der Waals surface area contributed by atoms with Crippen LogP contribution in [0.4, 0.5) is 23.7 Å². The van der Waals surface area contributed by atoms with Crippen molar-refractivity contribution in [1.82, 2.24) is 20.1 Å². The number of amides is 2. The van der Waals surface area contributed by atoms with Crippen molar-refractivity contribution in [2.75, 3.05) is 26.2 Å². The average Bonchev–Trinajstić information content (AvgIpc) is 3.93. The van der Waals surface area contributed by atoms with E-state index in [2.05, 4.69) is 27.2 Å². The van der Waals surface area contributed by atoms with Gasteiger partial charge in [0.25, 0.3) is 0 Å². The van der Waals surface area contributed by atoms with Crippen molar-refractivity contribution >= 4 is 52.6 Å². The van der Waals surface area contributed by atoms with Gasteiger partial charge in [0, 0.05) is 24.6 Å². The minimum atomic E-state index is -3.28. The molecule has 16 heteroatoms. The first kappa shape index (κ1) is 38.5. The number of halogens is 5. The first-order chi connectivity index (χ1) is 27.1. The Balaban J connectivity index is 1.15. The number of likely N-dealkylation sites (tertiary alicyclic amines) is 1. The van der Waals surface area contributed by atoms with Gasteiger partial charge in [0.05, 0.1) is 28.3 Å². The van der Waals surface area contributed by atoms with E-state index in [1.54, 1.807) is 36.2 Å². The van der Waals surface area contributed by atoms with Gasteiger partial charge in [0.15, 0.2) is 17.8 Å². The van der Waals surface area contributed by atoms with Crippen LogP contribution >= 0.6 is 23.2 Å². The van der Waals surface area contributed by atoms with E-state index in [1.165, 1.54) is 22.0 Å². The van der Waals surface area contributed by atoms with Crippen LogP contribution in [0.2, 0.25) is 10.0 Å². The molecule has 3 aliphatic rings. The van der Waals surface area contributed by atoms with Crippen molar-refractivity contribution in [3.05, 3.63) is 117 Å². The molecule has 0 spiro atoms. The number of nitriles is 1. The zero-order valence-electron chi connectivity index (χ0n) is 29.8. The van der Waals surface area contributed by atoms with Gasteiger partial charge in [-0.25, -0.2) is 19.2 Å². The summed E-state index contributed by atoms with van der Waals surface area (Å²) >= 11 is 12.6. The summed E-state index contributed by atoms with van der Waals surface area (Å²) in [6.45, 7) is -0.971. The van der Waals surface area contributed by atoms with Crippen molar-refractivity contribution in [2.45, 2.75) is 44.4 Å². The molecule has 1 unspecified atom stereocenters. The molecule has 4 aromatic rings. The van der Waals surface area contributed by atoms with Gasteiger partial charge in [-0.05, 0) is 66.3 Å². The van der Waals surface area contributed by atoms with Crippen LogP contribution in [-0.4, -0.2) is 83.4 Å². The standard InChI is InChI=1S/C40H34Cl2F3N7O4/c1-2-50(37(53)32-14-8-18-51(32)40(54)55-21-28-26-11-5-3-9-24(26)25-10-4-6-12-27(25)28)33-20-52(49-36(33)23-16-17-29(41)30(42)19-23)39(47-22-46)48-31-13-7-15-34(35(31)43)56-38(44)45/h3-7,9-13,15-17,19,28,32-33,38H,2,8,14,18,20-21H2,1H3,(H,47,48)/t32-,33?/m1/s1. The van der Waals surface area contributed by atoms with Crippen molar-refractivity contribution in [2.24, 2.45) is 10.1 Å². The highest BCUT2D eigenvalue weighted by Gasteiger charge is 2.43. The summed E-state index contributed by atoms with van der Waals surface area (Å²) in [5, 5.41) is 18.5. The molecule has 1 saturated heterocycles. The van der Waals surface area contributed by atoms with Crippen molar-refractivity contribution in [3.8, 4) is 23.1 Å². The van der Waals surface area contributed by atoms with Crippen LogP contribution in [0.25, 0.3) is 11.1 Å². The Labute approximate surface area is 330 Å². The maximum absolute atomic E-state index is 15.2. The number of hydrazone groups is 1. The highest BCUT2D eigenvalue weighted by atomic mass is 35.5. The maximum atomic E-state index is 15.2. The fourth-order valence-corrected chi connectivity index (χ4v) is 7.80. The van der Waals surface area contributed by atoms with Crippen LogP contribution in [0, 0.1) is 17.3 Å². The summed E-state index contributed by atoms with van der Waals surface area (Å²) in [7, 11) is 0. The van der Waals surface area contributed by atoms with Crippen LogP contribution in [0.5, 0.6) is 5.75 Å². The van der Waals surface area contributed by atoms with Crippen LogP contribution < -0.4 is 10.1 Å². The minimum Gasteiger partial charge on any atom is -0.448 e. The van der Waals surface area contributed by atoms with Crippen molar-refractivity contribution in [3.63, 3.8) is 0 Å². The summed E-state index contributed by atoms with van der Waals surface area (Å²) in [6, 6.07) is 22.7. The molecule has 2 heterocycles. The summed E-state index contributed by atoms with van der Waals surface area (Å²) in [6.07, 6.45) is 2.12. The SMILES string of the molecule is CCN(C(=O)[C@H]1CCCN1C(=O)OCC1c2ccccc2-c2ccccc21)C1CN(C(=Nc2cccc(OC(F)F)c2F)NC#N)N=C1c1ccc(Cl)c(Cl)c1. The van der Waals surface area contributed by atoms with E-state index in [9.17, 15) is 23.6 Å². The minimum absolute atomic E-state index is 0.0742. The lowest BCUT2D eigenvalue weighted by atomic mass is 9.98. The van der Waals surface area contributed by atoms with E-state index in [0.29, 0.717) is 30.7 Å². The second-order valence-electron chi connectivity index (χ2n) is 13.1. The predicted molar refractivity (Wildman–Crippen MR) is 205 cm³/mol. The molecule has 2 aliphatic heterocycles. The summed E-state index contributed by atoms with van der Waals surface area (Å²) < 4.78 is 51.3. The van der Waals surface area contributed by atoms with Crippen LogP contribution in [-0.2, 0) is 9.53 Å². The van der Waals surface area contributed by atoms with E-state index in [-0.39, 0.29) is 47.5 Å². The number of hydrogen-bond acceptors (Lipinski definition) is 7. The molecule has 2 atom stereocenters. The van der Waals surface area contributed by atoms with Gasteiger partial charge in [-0.2, -0.15) is 19.1 Å². The van der Waals surface area contributed by atoms with Gasteiger partial charge in [0.1, 0.15) is 18.3 Å². The number of alkyl halides is 2. The molecule has 0 saturated carbocycles. The molecular formula is C40H34Cl2F3N7O4. The van der Waals surface area contributed by atoms with Gasteiger partial charge in [-0.1, -0.05) is 83.9 Å². The van der Waals surface area contributed by atoms with E-state index >= 15 is 4.39 Å². The lowest BCUT2D eigenvalue weighted by molar-refractivity contribution is -0.136. The Bertz CT molecular complexity index is 2220. The van der Waals surface area contributed by atoms with Crippen LogP contribution in [0.3, 0.4) is 0 Å². The zero-order valence-corrected chi connectivity index (χ0v) is 31.4. The number of guanidine groups is 1. The maximum Gasteiger partial charge on any atom is 0.410 e. The molecule has 2 amide bonds. The van der Waals surface area contributed by atoms with Gasteiger partial charge in [-0.3, -0.25) is 15.0 Å². The van der Waals surface area contributed by atoms with Crippen LogP contribution in [0.1, 0.15) is 42.4 Å². The molecule has 1 fully saturated rings. The fourth-order valence-electron chi connectivity index (χ4n) is 7.50. The lowest BCUT2D eigenvalue weighted by Gasteiger charge is -2.34. The normalized spacial score (nSPS) is 17.7. The summed E-state index contributed by atoms with van der Waals surface area (Å²) in [5.74, 6) is -2.69. The molecule has 0 bridgehead atoms. The molecule has 1 N–H and O–H groups in total. The number of fused-ring (bicyclic) bond motifs is 3. The third-order valence-corrected chi connectivity index (χ3v) is 10.8. The molecule has 1 aliphatic carbocycles. The van der Waals surface area contributed by atoms with Gasteiger partial charge in [-0.15, -0.1) is 0 Å². The smallest absolute Gasteiger partial charge is 0.410 e. The molecule has 4 aromatic carbocycles. The van der Waals surface area contributed by atoms with Crippen molar-refractivity contribution in [1.29, 1.82) is 5.26 Å². The number of rotatable bonds is 9. The largest absolute Gasteiger partial charge is 0.448 e. The first-order valence-corrected chi connectivity index (χ1v) is 18.6. The highest BCUT2D eigenvalue weighted by Crippen LogP contribution is 2.44. The molecule has 7 rings (SSSR count). The van der Waals surface area contributed by atoms with Crippen molar-refractivity contribution < 1.29 is 32.2 Å². The molecule has 56 heavy (non-hydrogen) atoms. The third kappa shape index (κ3) is 7.56. The lowest BCUT2D eigenvalue weighted by Crippen LogP contribution is -2.54. The zero-order chi connectivity index (χ0) is 39.5. The Hall–Kier alpha value is -5.78. The quantitative estimate of drug-likeness (QED) is 0.0785. The third-order valence-electron chi connectivity index (χ3n) is 10.0. The van der Waals surface area contributed by atoms with E-state index in [0.717, 1.165) is 28.3 Å². The topological polar surface area (TPSA) is 123 Å². The molecule has 0 radical (unpaired) electrons. The Kier molecular flexibility index (Phi) is 11.4. The number of likely N-dealkylation sites (N-methyl/N-ethyl adjacent to an activating group) is 1. The van der Waals surface area contributed by atoms with Crippen LogP contribution in [0.15, 0.2) is 95.0 Å². The number of carbonyl (C=O) groups excluding carboxylic acids is 2. The Morgan fingerprint density at radius 1 is 1.04 bits per heavy atom. The molecule has 0 aromatic heterocycles. The van der Waals surface area contributed by atoms with E-state index in [4.69, 9.17) is 33.0 Å². The molecule has 288 valence electrons. The number of aliphatic imine (C=N–C) groups is 1. The summed E-state index contributed by atoms with van der Waals surface area (Å²) in [4.78, 5) is 35.6. The Morgan fingerprint density at radius 3 is 2.41 bits per heavy atom. The number of hydrogen-bond donors (Lipinski definition) is 1. The number of benzene rings is 4. The summed E-state index contributed by atoms with van der Waals surface area (Å²) in [5.41, 5.74) is 4.75. The predicted octanol–water partition coefficient (Wildman–Crippen LogP) is 8.14. The van der Waals surface area contributed by atoms with E-state index < -0.39 is 42.0 Å². The number of carbonyl (C=O) groups is 2. The first-order valence-electron chi connectivity index (χ1n) is 17.8. The second-order valence-corrected chi connectivity index (χ2v) is 13.9. The highest BCUT2D eigenvalue weighted by molar-refractivity contribution is 6.42. The van der Waals surface area contributed by atoms with Gasteiger partial charge >= 0.3 is 12.7 Å². The Morgan fingerprint density at radius 2 is 1.75 bits per heavy atom. The number of ether oxygens (including phenoxy) is 2. The molecular weight excluding hydrogens is 770 g/mol. The average molecular weight is 805 g/mol. The monoisotopic (exact) mass is 803 g/mol. The second kappa shape index (κ2) is 16.5.